The molecule has 5 atom stereocenters. The van der Waals surface area contributed by atoms with E-state index < -0.39 is 97.5 Å². The first kappa shape index (κ1) is 80.1. The van der Waals surface area contributed by atoms with Crippen LogP contribution in [0.5, 0.6) is 0 Å². The van der Waals surface area contributed by atoms with E-state index in [1.165, 1.54) is 122 Å². The van der Waals surface area contributed by atoms with E-state index in [4.69, 9.17) is 37.0 Å². The zero-order chi connectivity index (χ0) is 60.8. The Kier molecular flexibility index (Phi) is 54.3. The summed E-state index contributed by atoms with van der Waals surface area (Å²) in [6.45, 7) is 9.36. The minimum atomic E-state index is -4.94. The van der Waals surface area contributed by atoms with Crippen molar-refractivity contribution in [3.63, 3.8) is 0 Å². The van der Waals surface area contributed by atoms with Gasteiger partial charge >= 0.3 is 39.5 Å². The summed E-state index contributed by atoms with van der Waals surface area (Å²) >= 11 is 0. The molecule has 0 aromatic heterocycles. The lowest BCUT2D eigenvalue weighted by atomic mass is 10.0. The van der Waals surface area contributed by atoms with Crippen molar-refractivity contribution in [1.29, 1.82) is 0 Å². The van der Waals surface area contributed by atoms with E-state index >= 15 is 0 Å². The first-order chi connectivity index (χ1) is 39.4. The van der Waals surface area contributed by atoms with Crippen LogP contribution < -0.4 is 0 Å². The second-order valence-corrected chi connectivity index (χ2v) is 26.7. The molecule has 0 aromatic rings. The third-order valence-electron chi connectivity index (χ3n) is 14.5. The van der Waals surface area contributed by atoms with Crippen LogP contribution >= 0.6 is 15.6 Å². The Hall–Kier alpha value is -1.94. The number of carbonyl (C=O) groups excluding carboxylic acids is 4. The lowest BCUT2D eigenvalue weighted by molar-refractivity contribution is -0.161. The zero-order valence-electron chi connectivity index (χ0n) is 52.8. The number of phosphoric ester groups is 2. The molecule has 0 heterocycles. The first-order valence-electron chi connectivity index (χ1n) is 33.0. The van der Waals surface area contributed by atoms with E-state index in [0.717, 1.165) is 96.3 Å². The number of phosphoric acid groups is 2. The molecule has 0 aliphatic carbocycles. The summed E-state index contributed by atoms with van der Waals surface area (Å²) in [6.07, 6.45) is 37.7. The molecule has 0 fully saturated rings. The number of esters is 4. The lowest BCUT2D eigenvalue weighted by Gasteiger charge is -2.21. The third kappa shape index (κ3) is 57.2. The number of aliphatic hydroxyl groups is 1. The van der Waals surface area contributed by atoms with Crippen LogP contribution in [-0.2, 0) is 65.4 Å². The van der Waals surface area contributed by atoms with E-state index in [0.29, 0.717) is 37.5 Å². The molecule has 0 saturated carbocycles. The zero-order valence-corrected chi connectivity index (χ0v) is 54.6. The molecular weight excluding hydrogens is 1090 g/mol. The fourth-order valence-electron chi connectivity index (χ4n) is 9.35. The van der Waals surface area contributed by atoms with Crippen LogP contribution in [0.25, 0.3) is 0 Å². The second-order valence-electron chi connectivity index (χ2n) is 23.7. The quantitative estimate of drug-likeness (QED) is 0.0222. The predicted octanol–water partition coefficient (Wildman–Crippen LogP) is 17.3. The summed E-state index contributed by atoms with van der Waals surface area (Å²) in [7, 11) is -9.88. The largest absolute Gasteiger partial charge is 0.472 e. The Morgan fingerprint density at radius 2 is 0.561 bits per heavy atom. The van der Waals surface area contributed by atoms with Crippen molar-refractivity contribution >= 4 is 39.5 Å². The van der Waals surface area contributed by atoms with Gasteiger partial charge in [-0.25, -0.2) is 9.13 Å². The van der Waals surface area contributed by atoms with Crippen molar-refractivity contribution in [1.82, 2.24) is 0 Å². The maximum absolute atomic E-state index is 13.0. The highest BCUT2D eigenvalue weighted by Crippen LogP contribution is 2.45. The summed E-state index contributed by atoms with van der Waals surface area (Å²) in [5.41, 5.74) is 0. The Balaban J connectivity index is 5.24. The lowest BCUT2D eigenvalue weighted by Crippen LogP contribution is -2.30. The highest BCUT2D eigenvalue weighted by molar-refractivity contribution is 7.47. The van der Waals surface area contributed by atoms with Crippen molar-refractivity contribution < 1.29 is 80.2 Å². The van der Waals surface area contributed by atoms with Gasteiger partial charge in [0.25, 0.3) is 0 Å². The van der Waals surface area contributed by atoms with Crippen LogP contribution in [0.15, 0.2) is 0 Å². The van der Waals surface area contributed by atoms with Crippen molar-refractivity contribution in [3.8, 4) is 0 Å². The van der Waals surface area contributed by atoms with Crippen molar-refractivity contribution in [2.75, 3.05) is 39.6 Å². The van der Waals surface area contributed by atoms with E-state index in [9.17, 15) is 43.2 Å². The normalized spacial score (nSPS) is 14.3. The van der Waals surface area contributed by atoms with Gasteiger partial charge in [0.15, 0.2) is 12.2 Å². The standard InChI is InChI=1S/C63H122O17P2/c1-7-9-11-13-15-17-18-19-20-22-28-35-41-47-62(67)79-58(52-74-61(66)46-40-34-29-23-25-31-37-43-55(3)4)53-77-81(69,70)75-49-57(64)50-76-82(71,72)78-54-59(51-73-60(65)45-39-33-27-21-16-14-12-10-8-2)80-63(68)48-42-36-30-24-26-32-38-44-56(5)6/h55-59,64H,7-54H2,1-6H3,(H,69,70)(H,71,72)/t57-,58-,59-/m1/s1. The average molecular weight is 1210 g/mol. The number of carbonyl (C=O) groups is 4. The molecule has 0 aliphatic heterocycles. The van der Waals surface area contributed by atoms with Gasteiger partial charge in [-0.3, -0.25) is 37.3 Å². The molecule has 0 spiro atoms. The topological polar surface area (TPSA) is 237 Å². The Bertz CT molecular complexity index is 1620. The van der Waals surface area contributed by atoms with Gasteiger partial charge in [-0.1, -0.05) is 260 Å². The molecule has 0 aromatic carbocycles. The summed E-state index contributed by atoms with van der Waals surface area (Å²) in [5.74, 6) is -0.737. The molecule has 19 heteroatoms. The summed E-state index contributed by atoms with van der Waals surface area (Å²) < 4.78 is 67.9. The van der Waals surface area contributed by atoms with E-state index in [1.54, 1.807) is 0 Å². The van der Waals surface area contributed by atoms with Crippen molar-refractivity contribution in [2.45, 2.75) is 330 Å². The van der Waals surface area contributed by atoms with Gasteiger partial charge in [0, 0.05) is 25.7 Å². The molecule has 0 radical (unpaired) electrons. The highest BCUT2D eigenvalue weighted by Gasteiger charge is 2.30. The summed E-state index contributed by atoms with van der Waals surface area (Å²) in [5, 5.41) is 10.5. The predicted molar refractivity (Wildman–Crippen MR) is 326 cm³/mol. The summed E-state index contributed by atoms with van der Waals surface area (Å²) in [6, 6.07) is 0. The number of unbranched alkanes of at least 4 members (excludes halogenated alkanes) is 32. The van der Waals surface area contributed by atoms with Crippen molar-refractivity contribution in [2.24, 2.45) is 11.8 Å². The van der Waals surface area contributed by atoms with Crippen LogP contribution in [0, 0.1) is 11.8 Å². The van der Waals surface area contributed by atoms with Gasteiger partial charge < -0.3 is 33.8 Å². The fraction of sp³-hybridized carbons (Fsp3) is 0.937. The Morgan fingerprint density at radius 3 is 0.829 bits per heavy atom. The van der Waals surface area contributed by atoms with E-state index in [2.05, 4.69) is 41.5 Å². The number of hydrogen-bond acceptors (Lipinski definition) is 15. The minimum Gasteiger partial charge on any atom is -0.462 e. The fourth-order valence-corrected chi connectivity index (χ4v) is 10.9. The monoisotopic (exact) mass is 1210 g/mol. The number of hydrogen-bond donors (Lipinski definition) is 3. The van der Waals surface area contributed by atoms with Gasteiger partial charge in [0.05, 0.1) is 26.4 Å². The molecule has 2 unspecified atom stereocenters. The van der Waals surface area contributed by atoms with E-state index in [1.807, 2.05) is 0 Å². The Morgan fingerprint density at radius 1 is 0.329 bits per heavy atom. The van der Waals surface area contributed by atoms with Gasteiger partial charge in [-0.05, 0) is 37.5 Å². The number of rotatable bonds is 62. The molecule has 17 nitrogen and oxygen atoms in total. The van der Waals surface area contributed by atoms with Crippen LogP contribution in [0.1, 0.15) is 311 Å². The van der Waals surface area contributed by atoms with Gasteiger partial charge in [0.2, 0.25) is 0 Å². The molecule has 0 rings (SSSR count). The minimum absolute atomic E-state index is 0.103. The molecule has 0 aliphatic rings. The maximum Gasteiger partial charge on any atom is 0.472 e. The smallest absolute Gasteiger partial charge is 0.462 e. The third-order valence-corrected chi connectivity index (χ3v) is 16.4. The summed E-state index contributed by atoms with van der Waals surface area (Å²) in [4.78, 5) is 72.1. The van der Waals surface area contributed by atoms with Crippen LogP contribution in [0.2, 0.25) is 0 Å². The van der Waals surface area contributed by atoms with Crippen LogP contribution in [0.3, 0.4) is 0 Å². The van der Waals surface area contributed by atoms with Gasteiger partial charge in [-0.2, -0.15) is 0 Å². The Labute approximate surface area is 498 Å². The molecular formula is C63H122O17P2. The van der Waals surface area contributed by atoms with Crippen LogP contribution in [0.4, 0.5) is 0 Å². The molecule has 0 bridgehead atoms. The second kappa shape index (κ2) is 55.6. The number of ether oxygens (including phenoxy) is 4. The van der Waals surface area contributed by atoms with Gasteiger partial charge in [0.1, 0.15) is 19.3 Å². The highest BCUT2D eigenvalue weighted by atomic mass is 31.2. The first-order valence-corrected chi connectivity index (χ1v) is 36.0. The maximum atomic E-state index is 13.0. The molecule has 0 saturated heterocycles. The number of aliphatic hydroxyl groups excluding tert-OH is 1. The SMILES string of the molecule is CCCCCCCCCCCCCCCC(=O)O[C@H](COC(=O)CCCCCCCCCC(C)C)COP(=O)(O)OC[C@@H](O)COP(=O)(O)OC[C@@H](COC(=O)CCCCCCCCCCC)OC(=O)CCCCCCCCCC(C)C. The van der Waals surface area contributed by atoms with E-state index in [-0.39, 0.29) is 25.7 Å². The molecule has 82 heavy (non-hydrogen) atoms. The molecule has 486 valence electrons. The van der Waals surface area contributed by atoms with Crippen molar-refractivity contribution in [3.05, 3.63) is 0 Å². The van der Waals surface area contributed by atoms with Crippen LogP contribution in [-0.4, -0.2) is 96.7 Å². The molecule has 0 amide bonds. The molecule has 3 N–H and O–H groups in total. The average Bonchev–Trinajstić information content (AvgIpc) is 3.44. The van der Waals surface area contributed by atoms with Gasteiger partial charge in [-0.15, -0.1) is 0 Å².